The average Bonchev–Trinajstić information content (AvgIpc) is 3.00. The van der Waals surface area contributed by atoms with Crippen molar-refractivity contribution in [2.75, 3.05) is 6.61 Å². The zero-order chi connectivity index (χ0) is 16.4. The number of rotatable bonds is 3. The number of halogens is 1. The number of nitriles is 1. The summed E-state index contributed by atoms with van der Waals surface area (Å²) in [7, 11) is 0. The molecular weight excluding hydrogens is 316 g/mol. The predicted molar refractivity (Wildman–Crippen MR) is 84.1 cm³/mol. The van der Waals surface area contributed by atoms with Crippen LogP contribution in [0.1, 0.15) is 23.0 Å². The minimum absolute atomic E-state index is 0.165. The van der Waals surface area contributed by atoms with Crippen molar-refractivity contribution >= 4 is 23.1 Å². The van der Waals surface area contributed by atoms with Gasteiger partial charge >= 0.3 is 5.97 Å². The molecule has 0 radical (unpaired) electrons. The Morgan fingerprint density at radius 1 is 1.43 bits per heavy atom. The summed E-state index contributed by atoms with van der Waals surface area (Å²) < 4.78 is 6.41. The van der Waals surface area contributed by atoms with Gasteiger partial charge < -0.3 is 4.74 Å². The highest BCUT2D eigenvalue weighted by Crippen LogP contribution is 2.24. The first-order valence-electron chi connectivity index (χ1n) is 6.86. The van der Waals surface area contributed by atoms with Gasteiger partial charge in [0.1, 0.15) is 5.52 Å². The van der Waals surface area contributed by atoms with Gasteiger partial charge in [0.2, 0.25) is 0 Å². The SMILES string of the molecule is CCOC(=O)c1cc2c(Cl)nc(-c3cccc(C#N)c3)cn2n1. The van der Waals surface area contributed by atoms with Gasteiger partial charge in [-0.15, -0.1) is 0 Å². The molecule has 0 saturated heterocycles. The van der Waals surface area contributed by atoms with E-state index >= 15 is 0 Å². The van der Waals surface area contributed by atoms with E-state index in [4.69, 9.17) is 21.6 Å². The molecule has 0 amide bonds. The molecule has 0 bridgehead atoms. The molecule has 3 rings (SSSR count). The molecule has 0 saturated carbocycles. The van der Waals surface area contributed by atoms with Gasteiger partial charge in [0.05, 0.1) is 30.1 Å². The van der Waals surface area contributed by atoms with Crippen molar-refractivity contribution in [3.05, 3.63) is 52.9 Å². The fraction of sp³-hybridized carbons (Fsp3) is 0.125. The van der Waals surface area contributed by atoms with Crippen molar-refractivity contribution in [1.82, 2.24) is 14.6 Å². The molecule has 0 fully saturated rings. The number of benzene rings is 1. The number of esters is 1. The van der Waals surface area contributed by atoms with E-state index in [-0.39, 0.29) is 17.5 Å². The number of carbonyl (C=O) groups excluding carboxylic acids is 1. The second-order valence-corrected chi connectivity index (χ2v) is 5.05. The lowest BCUT2D eigenvalue weighted by atomic mass is 10.1. The Balaban J connectivity index is 2.10. The number of hydrogen-bond acceptors (Lipinski definition) is 5. The maximum absolute atomic E-state index is 11.8. The molecule has 3 aromatic rings. The lowest BCUT2D eigenvalue weighted by molar-refractivity contribution is 0.0519. The summed E-state index contributed by atoms with van der Waals surface area (Å²) in [5.41, 5.74) is 2.49. The number of nitrogens with zero attached hydrogens (tertiary/aromatic N) is 4. The minimum Gasteiger partial charge on any atom is -0.461 e. The van der Waals surface area contributed by atoms with E-state index < -0.39 is 5.97 Å². The summed E-state index contributed by atoms with van der Waals surface area (Å²) in [4.78, 5) is 16.1. The van der Waals surface area contributed by atoms with Crippen molar-refractivity contribution in [3.8, 4) is 17.3 Å². The Morgan fingerprint density at radius 3 is 3.00 bits per heavy atom. The molecule has 0 aliphatic rings. The van der Waals surface area contributed by atoms with Crippen LogP contribution in [0, 0.1) is 11.3 Å². The maximum atomic E-state index is 11.8. The van der Waals surface area contributed by atoms with E-state index in [0.717, 1.165) is 5.56 Å². The molecule has 6 nitrogen and oxygen atoms in total. The Kier molecular flexibility index (Phi) is 3.96. The van der Waals surface area contributed by atoms with Crippen LogP contribution >= 0.6 is 11.6 Å². The van der Waals surface area contributed by atoms with Gasteiger partial charge in [0, 0.05) is 11.6 Å². The highest BCUT2D eigenvalue weighted by atomic mass is 35.5. The molecule has 2 heterocycles. The molecule has 23 heavy (non-hydrogen) atoms. The van der Waals surface area contributed by atoms with Crippen LogP contribution in [0.3, 0.4) is 0 Å². The predicted octanol–water partition coefficient (Wildman–Crippen LogP) is 3.10. The fourth-order valence-electron chi connectivity index (χ4n) is 2.15. The number of ether oxygens (including phenoxy) is 1. The molecule has 0 atom stereocenters. The molecule has 7 heteroatoms. The third-order valence-corrected chi connectivity index (χ3v) is 3.46. The number of carbonyl (C=O) groups is 1. The van der Waals surface area contributed by atoms with Gasteiger partial charge in [-0.05, 0) is 19.1 Å². The summed E-state index contributed by atoms with van der Waals surface area (Å²) in [6.07, 6.45) is 1.65. The molecular formula is C16H11ClN4O2. The lowest BCUT2D eigenvalue weighted by Gasteiger charge is -2.03. The fourth-order valence-corrected chi connectivity index (χ4v) is 2.38. The molecule has 0 aliphatic heterocycles. The number of aromatic nitrogens is 3. The van der Waals surface area contributed by atoms with E-state index in [0.29, 0.717) is 16.8 Å². The smallest absolute Gasteiger partial charge is 0.358 e. The van der Waals surface area contributed by atoms with E-state index in [9.17, 15) is 4.79 Å². The van der Waals surface area contributed by atoms with E-state index in [2.05, 4.69) is 16.2 Å². The molecule has 1 aromatic carbocycles. The summed E-state index contributed by atoms with van der Waals surface area (Å²) in [6, 6.07) is 10.6. The van der Waals surface area contributed by atoms with Crippen molar-refractivity contribution in [2.24, 2.45) is 0 Å². The second-order valence-electron chi connectivity index (χ2n) is 4.69. The summed E-state index contributed by atoms with van der Waals surface area (Å²) in [5.74, 6) is -0.514. The Labute approximate surface area is 136 Å². The van der Waals surface area contributed by atoms with Gasteiger partial charge in [-0.3, -0.25) is 0 Å². The molecule has 0 spiro atoms. The van der Waals surface area contributed by atoms with Crippen LogP contribution in [0.5, 0.6) is 0 Å². The number of fused-ring (bicyclic) bond motifs is 1. The molecule has 0 N–H and O–H groups in total. The Morgan fingerprint density at radius 2 is 2.26 bits per heavy atom. The highest BCUT2D eigenvalue weighted by molar-refractivity contribution is 6.32. The summed E-state index contributed by atoms with van der Waals surface area (Å²) >= 11 is 6.19. The van der Waals surface area contributed by atoms with Crippen molar-refractivity contribution in [1.29, 1.82) is 5.26 Å². The Hall–Kier alpha value is -2.91. The van der Waals surface area contributed by atoms with Crippen molar-refractivity contribution < 1.29 is 9.53 Å². The molecule has 0 aliphatic carbocycles. The van der Waals surface area contributed by atoms with Crippen LogP contribution in [-0.4, -0.2) is 27.2 Å². The largest absolute Gasteiger partial charge is 0.461 e. The molecule has 0 unspecified atom stereocenters. The third-order valence-electron chi connectivity index (χ3n) is 3.18. The monoisotopic (exact) mass is 326 g/mol. The second kappa shape index (κ2) is 6.07. The van der Waals surface area contributed by atoms with Crippen molar-refractivity contribution in [3.63, 3.8) is 0 Å². The van der Waals surface area contributed by atoms with Crippen LogP contribution in [0.25, 0.3) is 16.8 Å². The van der Waals surface area contributed by atoms with Crippen LogP contribution in [0.2, 0.25) is 5.15 Å². The topological polar surface area (TPSA) is 80.3 Å². The first kappa shape index (κ1) is 15.0. The first-order valence-corrected chi connectivity index (χ1v) is 7.23. The highest BCUT2D eigenvalue weighted by Gasteiger charge is 2.15. The van der Waals surface area contributed by atoms with Gasteiger partial charge in [0.25, 0.3) is 0 Å². The van der Waals surface area contributed by atoms with E-state index in [1.807, 2.05) is 6.07 Å². The minimum atomic E-state index is -0.514. The van der Waals surface area contributed by atoms with Crippen LogP contribution < -0.4 is 0 Å². The first-order chi connectivity index (χ1) is 11.1. The average molecular weight is 327 g/mol. The molecule has 2 aromatic heterocycles. The summed E-state index contributed by atoms with van der Waals surface area (Å²) in [5, 5.41) is 13.4. The normalized spacial score (nSPS) is 10.5. The van der Waals surface area contributed by atoms with Crippen LogP contribution in [-0.2, 0) is 4.74 Å². The van der Waals surface area contributed by atoms with Crippen LogP contribution in [0.4, 0.5) is 0 Å². The van der Waals surface area contributed by atoms with Gasteiger partial charge in [-0.2, -0.15) is 10.4 Å². The van der Waals surface area contributed by atoms with E-state index in [1.165, 1.54) is 10.6 Å². The third kappa shape index (κ3) is 2.87. The van der Waals surface area contributed by atoms with Gasteiger partial charge in [0.15, 0.2) is 10.8 Å². The summed E-state index contributed by atoms with van der Waals surface area (Å²) in [6.45, 7) is 1.99. The van der Waals surface area contributed by atoms with Crippen LogP contribution in [0.15, 0.2) is 36.5 Å². The zero-order valence-corrected chi connectivity index (χ0v) is 12.9. The standard InChI is InChI=1S/C16H11ClN4O2/c1-2-23-16(22)12-7-14-15(17)19-13(9-21(14)20-12)11-5-3-4-10(6-11)8-18/h3-7,9H,2H2,1H3. The van der Waals surface area contributed by atoms with Gasteiger partial charge in [-0.25, -0.2) is 14.3 Å². The molecule has 114 valence electrons. The maximum Gasteiger partial charge on any atom is 0.358 e. The zero-order valence-electron chi connectivity index (χ0n) is 12.2. The lowest BCUT2D eigenvalue weighted by Crippen LogP contribution is -2.05. The van der Waals surface area contributed by atoms with Crippen molar-refractivity contribution in [2.45, 2.75) is 6.92 Å². The van der Waals surface area contributed by atoms with E-state index in [1.54, 1.807) is 31.3 Å². The number of hydrogen-bond donors (Lipinski definition) is 0. The van der Waals surface area contributed by atoms with Gasteiger partial charge in [-0.1, -0.05) is 23.7 Å². The Bertz CT molecular complexity index is 943. The quantitative estimate of drug-likeness (QED) is 0.691.